The molecule has 15 heavy (non-hydrogen) atoms. The van der Waals surface area contributed by atoms with E-state index in [9.17, 15) is 9.59 Å². The zero-order valence-corrected chi connectivity index (χ0v) is 8.88. The first-order chi connectivity index (χ1) is 6.95. The lowest BCUT2D eigenvalue weighted by Crippen LogP contribution is -2.34. The van der Waals surface area contributed by atoms with E-state index >= 15 is 0 Å². The van der Waals surface area contributed by atoms with Crippen molar-refractivity contribution in [3.8, 4) is 0 Å². The molecule has 2 N–H and O–H groups in total. The number of carbonyl (C=O) groups excluding carboxylic acids is 2. The molecule has 0 aliphatic carbocycles. The summed E-state index contributed by atoms with van der Waals surface area (Å²) in [7, 11) is 3.77. The lowest BCUT2D eigenvalue weighted by Gasteiger charge is -2.15. The lowest BCUT2D eigenvalue weighted by molar-refractivity contribution is -0.141. The monoisotopic (exact) mass is 216 g/mol. The normalized spacial score (nSPS) is 26.9. The van der Waals surface area contributed by atoms with Crippen molar-refractivity contribution in [1.82, 2.24) is 9.80 Å². The third kappa shape index (κ3) is 2.53. The summed E-state index contributed by atoms with van der Waals surface area (Å²) in [6, 6.07) is 0. The molecule has 6 heteroatoms. The zero-order valence-electron chi connectivity index (χ0n) is 8.88. The van der Waals surface area contributed by atoms with Gasteiger partial charge >= 0.3 is 0 Å². The van der Waals surface area contributed by atoms with E-state index in [0.717, 1.165) is 11.4 Å². The van der Waals surface area contributed by atoms with Crippen LogP contribution in [0.2, 0.25) is 0 Å². The number of imide groups is 1. The maximum absolute atomic E-state index is 11.3. The number of rotatable bonds is 4. The fourth-order valence-corrected chi connectivity index (χ4v) is 1.46. The first kappa shape index (κ1) is 12.1. The molecular weight excluding hydrogens is 200 g/mol. The largest absolute Gasteiger partial charge is 0.380 e. The van der Waals surface area contributed by atoms with Crippen LogP contribution in [0.25, 0.3) is 0 Å². The van der Waals surface area contributed by atoms with Gasteiger partial charge in [-0.25, -0.2) is 0 Å². The van der Waals surface area contributed by atoms with Crippen LogP contribution in [0.4, 0.5) is 0 Å². The second-order valence-corrected chi connectivity index (χ2v) is 3.87. The van der Waals surface area contributed by atoms with Gasteiger partial charge in [0, 0.05) is 6.54 Å². The van der Waals surface area contributed by atoms with Crippen LogP contribution in [0.5, 0.6) is 0 Å². The molecule has 2 amide bonds. The molecule has 0 aromatic heterocycles. The molecule has 0 bridgehead atoms. The van der Waals surface area contributed by atoms with Gasteiger partial charge in [0.25, 0.3) is 11.8 Å². The van der Waals surface area contributed by atoms with Crippen LogP contribution in [0.3, 0.4) is 0 Å². The van der Waals surface area contributed by atoms with E-state index in [1.165, 1.54) is 0 Å². The Morgan fingerprint density at radius 2 is 1.67 bits per heavy atom. The van der Waals surface area contributed by atoms with E-state index in [-0.39, 0.29) is 6.54 Å². The summed E-state index contributed by atoms with van der Waals surface area (Å²) in [6.45, 7) is 0.979. The number of nitrogens with zero attached hydrogens (tertiary/aromatic N) is 2. The number of carbonyl (C=O) groups is 2. The summed E-state index contributed by atoms with van der Waals surface area (Å²) in [5.74, 6) is -1.41. The molecule has 0 aromatic carbocycles. The second kappa shape index (κ2) is 4.69. The maximum atomic E-state index is 11.3. The van der Waals surface area contributed by atoms with Crippen LogP contribution in [-0.4, -0.2) is 71.2 Å². The lowest BCUT2D eigenvalue weighted by atomic mass is 10.2. The van der Waals surface area contributed by atoms with E-state index in [1.807, 2.05) is 19.0 Å². The molecule has 1 rings (SSSR count). The van der Waals surface area contributed by atoms with Crippen molar-refractivity contribution in [3.05, 3.63) is 0 Å². The summed E-state index contributed by atoms with van der Waals surface area (Å²) >= 11 is 0. The Morgan fingerprint density at radius 1 is 1.20 bits per heavy atom. The Balaban J connectivity index is 2.48. The van der Waals surface area contributed by atoms with Gasteiger partial charge in [-0.05, 0) is 27.1 Å². The molecule has 1 aliphatic rings. The Bertz CT molecular complexity index is 247. The van der Waals surface area contributed by atoms with Crippen molar-refractivity contribution in [2.24, 2.45) is 0 Å². The number of aliphatic hydroxyl groups excluding tert-OH is 2. The average Bonchev–Trinajstić information content (AvgIpc) is 2.34. The highest BCUT2D eigenvalue weighted by atomic mass is 16.4. The molecule has 1 heterocycles. The molecule has 6 nitrogen and oxygen atoms in total. The highest BCUT2D eigenvalue weighted by Gasteiger charge is 2.45. The van der Waals surface area contributed by atoms with E-state index in [2.05, 4.69) is 0 Å². The van der Waals surface area contributed by atoms with Gasteiger partial charge in [-0.3, -0.25) is 14.5 Å². The molecule has 1 aliphatic heterocycles. The van der Waals surface area contributed by atoms with Crippen molar-refractivity contribution in [2.45, 2.75) is 18.6 Å². The van der Waals surface area contributed by atoms with Crippen molar-refractivity contribution in [1.29, 1.82) is 0 Å². The first-order valence-electron chi connectivity index (χ1n) is 4.81. The highest BCUT2D eigenvalue weighted by Crippen LogP contribution is 2.13. The van der Waals surface area contributed by atoms with Crippen molar-refractivity contribution < 1.29 is 19.8 Å². The van der Waals surface area contributed by atoms with Crippen molar-refractivity contribution in [2.75, 3.05) is 27.2 Å². The standard InChI is InChI=1S/C9H16N2O4/c1-10(2)4-3-5-11-8(14)6(12)7(13)9(11)15/h6-7,12-13H,3-5H2,1-2H3. The fourth-order valence-electron chi connectivity index (χ4n) is 1.46. The smallest absolute Gasteiger partial charge is 0.261 e. The van der Waals surface area contributed by atoms with E-state index in [4.69, 9.17) is 10.2 Å². The molecule has 1 fully saturated rings. The van der Waals surface area contributed by atoms with E-state index in [0.29, 0.717) is 6.42 Å². The van der Waals surface area contributed by atoms with E-state index in [1.54, 1.807) is 0 Å². The van der Waals surface area contributed by atoms with Crippen LogP contribution in [0, 0.1) is 0 Å². The molecule has 0 saturated carbocycles. The number of likely N-dealkylation sites (tertiary alicyclic amines) is 1. The summed E-state index contributed by atoms with van der Waals surface area (Å²) < 4.78 is 0. The number of aliphatic hydroxyl groups is 2. The molecule has 0 spiro atoms. The number of amides is 2. The Labute approximate surface area is 88.1 Å². The van der Waals surface area contributed by atoms with Crippen LogP contribution >= 0.6 is 0 Å². The molecule has 0 aromatic rings. The third-order valence-corrected chi connectivity index (χ3v) is 2.32. The summed E-state index contributed by atoms with van der Waals surface area (Å²) in [6.07, 6.45) is -2.54. The molecule has 2 atom stereocenters. The Hall–Kier alpha value is -0.980. The quantitative estimate of drug-likeness (QED) is 0.533. The van der Waals surface area contributed by atoms with Crippen LogP contribution in [0.15, 0.2) is 0 Å². The van der Waals surface area contributed by atoms with E-state index < -0.39 is 24.0 Å². The van der Waals surface area contributed by atoms with Crippen molar-refractivity contribution in [3.63, 3.8) is 0 Å². The van der Waals surface area contributed by atoms with Crippen LogP contribution in [-0.2, 0) is 9.59 Å². The average molecular weight is 216 g/mol. The minimum Gasteiger partial charge on any atom is -0.380 e. The first-order valence-corrected chi connectivity index (χ1v) is 4.81. The summed E-state index contributed by atoms with van der Waals surface area (Å²) in [5.41, 5.74) is 0. The minimum absolute atomic E-state index is 0.240. The summed E-state index contributed by atoms with van der Waals surface area (Å²) in [4.78, 5) is 25.4. The SMILES string of the molecule is CN(C)CCCN1C(=O)C(O)C(O)C1=O. The van der Waals surface area contributed by atoms with Gasteiger partial charge in [0.2, 0.25) is 0 Å². The van der Waals surface area contributed by atoms with Gasteiger partial charge in [-0.1, -0.05) is 0 Å². The third-order valence-electron chi connectivity index (χ3n) is 2.32. The second-order valence-electron chi connectivity index (χ2n) is 3.87. The highest BCUT2D eigenvalue weighted by molar-refractivity contribution is 6.07. The molecule has 1 saturated heterocycles. The molecule has 0 radical (unpaired) electrons. The molecular formula is C9H16N2O4. The zero-order chi connectivity index (χ0) is 11.6. The molecule has 86 valence electrons. The van der Waals surface area contributed by atoms with Gasteiger partial charge in [0.1, 0.15) is 0 Å². The van der Waals surface area contributed by atoms with Gasteiger partial charge in [-0.15, -0.1) is 0 Å². The van der Waals surface area contributed by atoms with Gasteiger partial charge < -0.3 is 15.1 Å². The maximum Gasteiger partial charge on any atom is 0.261 e. The van der Waals surface area contributed by atoms with Gasteiger partial charge in [0.15, 0.2) is 12.2 Å². The Kier molecular flexibility index (Phi) is 3.78. The predicted octanol–water partition coefficient (Wildman–Crippen LogP) is -1.97. The van der Waals surface area contributed by atoms with Crippen molar-refractivity contribution >= 4 is 11.8 Å². The Morgan fingerprint density at radius 3 is 2.07 bits per heavy atom. The van der Waals surface area contributed by atoms with Crippen LogP contribution < -0.4 is 0 Å². The fraction of sp³-hybridized carbons (Fsp3) is 0.778. The predicted molar refractivity (Wildman–Crippen MR) is 51.9 cm³/mol. The van der Waals surface area contributed by atoms with Crippen LogP contribution in [0.1, 0.15) is 6.42 Å². The topological polar surface area (TPSA) is 81.1 Å². The van der Waals surface area contributed by atoms with Gasteiger partial charge in [0.05, 0.1) is 0 Å². The number of hydrogen-bond acceptors (Lipinski definition) is 5. The summed E-state index contributed by atoms with van der Waals surface area (Å²) in [5, 5.41) is 18.3. The minimum atomic E-state index is -1.59. The molecule has 2 unspecified atom stereocenters. The number of hydrogen-bond donors (Lipinski definition) is 2. The van der Waals surface area contributed by atoms with Gasteiger partial charge in [-0.2, -0.15) is 0 Å².